The molecule has 6 heteroatoms. The Morgan fingerprint density at radius 3 is 2.07 bits per heavy atom. The number of benzene rings is 3. The lowest BCUT2D eigenvalue weighted by Gasteiger charge is -2.15. The SMILES string of the molecule is COc1cc(NCC(=O)Nc2ccccc2-c2ccccc2)cc(OC)c1OC. The molecule has 0 aromatic heterocycles. The molecular weight excluding hydrogens is 368 g/mol. The van der Waals surface area contributed by atoms with Gasteiger partial charge in [0.15, 0.2) is 11.5 Å². The molecule has 1 amide bonds. The molecular formula is C23H24N2O4. The van der Waals surface area contributed by atoms with Gasteiger partial charge in [0.1, 0.15) is 0 Å². The maximum Gasteiger partial charge on any atom is 0.243 e. The summed E-state index contributed by atoms with van der Waals surface area (Å²) in [4.78, 5) is 12.5. The largest absolute Gasteiger partial charge is 0.493 e. The minimum Gasteiger partial charge on any atom is -0.493 e. The number of ether oxygens (including phenoxy) is 3. The molecule has 150 valence electrons. The van der Waals surface area contributed by atoms with Crippen molar-refractivity contribution >= 4 is 17.3 Å². The van der Waals surface area contributed by atoms with E-state index in [0.29, 0.717) is 22.9 Å². The van der Waals surface area contributed by atoms with Gasteiger partial charge in [0, 0.05) is 29.1 Å². The van der Waals surface area contributed by atoms with E-state index in [1.165, 1.54) is 0 Å². The summed E-state index contributed by atoms with van der Waals surface area (Å²) in [6.07, 6.45) is 0. The summed E-state index contributed by atoms with van der Waals surface area (Å²) in [5.74, 6) is 1.37. The van der Waals surface area contributed by atoms with Crippen LogP contribution in [0.3, 0.4) is 0 Å². The van der Waals surface area contributed by atoms with Gasteiger partial charge in [-0.25, -0.2) is 0 Å². The van der Waals surface area contributed by atoms with Crippen LogP contribution >= 0.6 is 0 Å². The lowest BCUT2D eigenvalue weighted by molar-refractivity contribution is -0.114. The van der Waals surface area contributed by atoms with Gasteiger partial charge in [0.25, 0.3) is 0 Å². The molecule has 0 saturated heterocycles. The fraction of sp³-hybridized carbons (Fsp3) is 0.174. The van der Waals surface area contributed by atoms with Crippen LogP contribution < -0.4 is 24.8 Å². The monoisotopic (exact) mass is 392 g/mol. The van der Waals surface area contributed by atoms with Crippen LogP contribution in [-0.4, -0.2) is 33.8 Å². The zero-order chi connectivity index (χ0) is 20.6. The van der Waals surface area contributed by atoms with Crippen molar-refractivity contribution in [3.63, 3.8) is 0 Å². The molecule has 0 unspecified atom stereocenters. The smallest absolute Gasteiger partial charge is 0.243 e. The van der Waals surface area contributed by atoms with Crippen molar-refractivity contribution in [2.24, 2.45) is 0 Å². The van der Waals surface area contributed by atoms with E-state index >= 15 is 0 Å². The molecule has 3 aromatic rings. The van der Waals surface area contributed by atoms with Gasteiger partial charge in [-0.05, 0) is 11.6 Å². The Morgan fingerprint density at radius 1 is 0.828 bits per heavy atom. The second-order valence-electron chi connectivity index (χ2n) is 6.23. The molecule has 0 spiro atoms. The summed E-state index contributed by atoms with van der Waals surface area (Å²) < 4.78 is 16.0. The molecule has 0 aliphatic heterocycles. The molecule has 29 heavy (non-hydrogen) atoms. The third-order valence-electron chi connectivity index (χ3n) is 4.40. The number of amides is 1. The van der Waals surface area contributed by atoms with Crippen LogP contribution in [0.1, 0.15) is 0 Å². The Morgan fingerprint density at radius 2 is 1.45 bits per heavy atom. The lowest BCUT2D eigenvalue weighted by Crippen LogP contribution is -2.22. The molecule has 0 radical (unpaired) electrons. The molecule has 0 bridgehead atoms. The molecule has 3 rings (SSSR count). The normalized spacial score (nSPS) is 10.2. The minimum absolute atomic E-state index is 0.0851. The summed E-state index contributed by atoms with van der Waals surface area (Å²) in [5, 5.41) is 6.07. The quantitative estimate of drug-likeness (QED) is 0.594. The molecule has 3 aromatic carbocycles. The summed E-state index contributed by atoms with van der Waals surface area (Å²) in [6, 6.07) is 21.2. The fourth-order valence-corrected chi connectivity index (χ4v) is 3.02. The topological polar surface area (TPSA) is 68.8 Å². The number of carbonyl (C=O) groups excluding carboxylic acids is 1. The van der Waals surface area contributed by atoms with E-state index in [0.717, 1.165) is 16.8 Å². The van der Waals surface area contributed by atoms with Gasteiger partial charge < -0.3 is 24.8 Å². The molecule has 0 aliphatic rings. The zero-order valence-corrected chi connectivity index (χ0v) is 16.7. The van der Waals surface area contributed by atoms with Crippen molar-refractivity contribution in [2.45, 2.75) is 0 Å². The second kappa shape index (κ2) is 9.50. The van der Waals surface area contributed by atoms with Gasteiger partial charge in [-0.2, -0.15) is 0 Å². The Bertz CT molecular complexity index is 949. The number of carbonyl (C=O) groups is 1. The van der Waals surface area contributed by atoms with E-state index in [2.05, 4.69) is 10.6 Å². The molecule has 2 N–H and O–H groups in total. The van der Waals surface area contributed by atoms with E-state index in [-0.39, 0.29) is 12.5 Å². The van der Waals surface area contributed by atoms with Crippen LogP contribution in [0.25, 0.3) is 11.1 Å². The maximum absolute atomic E-state index is 12.5. The van der Waals surface area contributed by atoms with Crippen LogP contribution in [0, 0.1) is 0 Å². The lowest BCUT2D eigenvalue weighted by atomic mass is 10.0. The molecule has 0 saturated carbocycles. The van der Waals surface area contributed by atoms with Crippen LogP contribution in [0.4, 0.5) is 11.4 Å². The number of rotatable bonds is 8. The van der Waals surface area contributed by atoms with Crippen LogP contribution in [0.2, 0.25) is 0 Å². The Balaban J connectivity index is 1.72. The van der Waals surface area contributed by atoms with Crippen LogP contribution in [0.5, 0.6) is 17.2 Å². The van der Waals surface area contributed by atoms with Gasteiger partial charge in [0.2, 0.25) is 11.7 Å². The Labute approximate surface area is 170 Å². The van der Waals surface area contributed by atoms with Gasteiger partial charge in [-0.15, -0.1) is 0 Å². The number of methoxy groups -OCH3 is 3. The number of nitrogens with one attached hydrogen (secondary N) is 2. The first kappa shape index (κ1) is 20.1. The predicted octanol–water partition coefficient (Wildman–Crippen LogP) is 4.43. The van der Waals surface area contributed by atoms with Crippen molar-refractivity contribution in [2.75, 3.05) is 38.5 Å². The summed E-state index contributed by atoms with van der Waals surface area (Å²) in [6.45, 7) is 0.0851. The standard InChI is InChI=1S/C23H24N2O4/c1-27-20-13-17(14-21(28-2)23(20)29-3)24-15-22(26)25-19-12-8-7-11-18(19)16-9-5-4-6-10-16/h4-14,24H,15H2,1-3H3,(H,25,26). The highest BCUT2D eigenvalue weighted by Crippen LogP contribution is 2.39. The first-order chi connectivity index (χ1) is 14.2. The molecule has 0 heterocycles. The maximum atomic E-state index is 12.5. The van der Waals surface area contributed by atoms with E-state index in [1.807, 2.05) is 54.6 Å². The highest BCUT2D eigenvalue weighted by atomic mass is 16.5. The minimum atomic E-state index is -0.165. The van der Waals surface area contributed by atoms with Crippen molar-refractivity contribution < 1.29 is 19.0 Å². The summed E-state index contributed by atoms with van der Waals surface area (Å²) >= 11 is 0. The molecule has 0 fully saturated rings. The van der Waals surface area contributed by atoms with E-state index < -0.39 is 0 Å². The van der Waals surface area contributed by atoms with Crippen molar-refractivity contribution in [3.8, 4) is 28.4 Å². The van der Waals surface area contributed by atoms with E-state index in [4.69, 9.17) is 14.2 Å². The zero-order valence-electron chi connectivity index (χ0n) is 16.7. The number of para-hydroxylation sites is 1. The first-order valence-electron chi connectivity index (χ1n) is 9.14. The second-order valence-corrected chi connectivity index (χ2v) is 6.23. The van der Waals surface area contributed by atoms with Crippen molar-refractivity contribution in [1.29, 1.82) is 0 Å². The average Bonchev–Trinajstić information content (AvgIpc) is 2.77. The number of hydrogen-bond donors (Lipinski definition) is 2. The van der Waals surface area contributed by atoms with Crippen molar-refractivity contribution in [3.05, 3.63) is 66.7 Å². The first-order valence-corrected chi connectivity index (χ1v) is 9.14. The molecule has 6 nitrogen and oxygen atoms in total. The fourth-order valence-electron chi connectivity index (χ4n) is 3.02. The predicted molar refractivity (Wildman–Crippen MR) is 115 cm³/mol. The van der Waals surface area contributed by atoms with Gasteiger partial charge in [-0.1, -0.05) is 48.5 Å². The summed E-state index contributed by atoms with van der Waals surface area (Å²) in [5.41, 5.74) is 3.46. The van der Waals surface area contributed by atoms with Crippen LogP contribution in [-0.2, 0) is 4.79 Å². The van der Waals surface area contributed by atoms with E-state index in [1.54, 1.807) is 33.5 Å². The van der Waals surface area contributed by atoms with Crippen molar-refractivity contribution in [1.82, 2.24) is 0 Å². The van der Waals surface area contributed by atoms with Crippen LogP contribution in [0.15, 0.2) is 66.7 Å². The third kappa shape index (κ3) is 4.79. The Hall–Kier alpha value is -3.67. The molecule has 0 aliphatic carbocycles. The third-order valence-corrected chi connectivity index (χ3v) is 4.40. The number of hydrogen-bond acceptors (Lipinski definition) is 5. The van der Waals surface area contributed by atoms with Gasteiger partial charge in [-0.3, -0.25) is 4.79 Å². The highest BCUT2D eigenvalue weighted by Gasteiger charge is 2.14. The van der Waals surface area contributed by atoms with Gasteiger partial charge in [0.05, 0.1) is 27.9 Å². The molecule has 0 atom stereocenters. The summed E-state index contributed by atoms with van der Waals surface area (Å²) in [7, 11) is 4.65. The highest BCUT2D eigenvalue weighted by molar-refractivity contribution is 5.97. The number of anilines is 2. The average molecular weight is 392 g/mol. The van der Waals surface area contributed by atoms with E-state index in [9.17, 15) is 4.79 Å². The Kier molecular flexibility index (Phi) is 6.58. The van der Waals surface area contributed by atoms with Gasteiger partial charge >= 0.3 is 0 Å².